The summed E-state index contributed by atoms with van der Waals surface area (Å²) in [6.07, 6.45) is 4.70. The number of hydrogen-bond donors (Lipinski definition) is 2. The number of hydrogen-bond acceptors (Lipinski definition) is 4. The molecule has 2 N–H and O–H groups in total. The Morgan fingerprint density at radius 2 is 1.86 bits per heavy atom. The van der Waals surface area contributed by atoms with Crippen molar-refractivity contribution in [2.24, 2.45) is 10.9 Å². The third-order valence-electron chi connectivity index (χ3n) is 5.18. The van der Waals surface area contributed by atoms with E-state index in [1.807, 2.05) is 19.2 Å². The summed E-state index contributed by atoms with van der Waals surface area (Å²) in [5.41, 5.74) is 1.21. The molecule has 1 aromatic carbocycles. The molecule has 0 aromatic heterocycles. The molecule has 1 heterocycles. The van der Waals surface area contributed by atoms with Crippen LogP contribution < -0.4 is 20.1 Å². The first-order valence-electron chi connectivity index (χ1n) is 10.1. The Morgan fingerprint density at radius 3 is 2.46 bits per heavy atom. The van der Waals surface area contributed by atoms with Crippen LogP contribution in [-0.4, -0.2) is 64.9 Å². The molecule has 1 aromatic rings. The van der Waals surface area contributed by atoms with Gasteiger partial charge in [-0.3, -0.25) is 4.99 Å². The Morgan fingerprint density at radius 1 is 1.14 bits per heavy atom. The smallest absolute Gasteiger partial charge is 0.190 e. The summed E-state index contributed by atoms with van der Waals surface area (Å²) in [6, 6.07) is 6.05. The van der Waals surface area contributed by atoms with E-state index >= 15 is 0 Å². The number of guanidine groups is 1. The minimum atomic E-state index is 0. The van der Waals surface area contributed by atoms with Crippen LogP contribution in [0.5, 0.6) is 11.5 Å². The number of aliphatic imine (C=N–C) groups is 1. The van der Waals surface area contributed by atoms with Gasteiger partial charge in [0.2, 0.25) is 0 Å². The SMILES string of the molecule is CCCN1CCC(CNC(=NC)NCCc2ccc(OC)c(OC)c2)CC1.I. The van der Waals surface area contributed by atoms with E-state index in [1.54, 1.807) is 14.2 Å². The van der Waals surface area contributed by atoms with Crippen molar-refractivity contribution in [1.29, 1.82) is 0 Å². The zero-order chi connectivity index (χ0) is 19.5. The molecular weight excluding hydrogens is 467 g/mol. The maximum atomic E-state index is 5.37. The molecule has 0 amide bonds. The minimum absolute atomic E-state index is 0. The quantitative estimate of drug-likeness (QED) is 0.308. The molecule has 6 nitrogen and oxygen atoms in total. The van der Waals surface area contributed by atoms with E-state index in [9.17, 15) is 0 Å². The Bertz CT molecular complexity index is 590. The van der Waals surface area contributed by atoms with Gasteiger partial charge < -0.3 is 25.0 Å². The van der Waals surface area contributed by atoms with Crippen molar-refractivity contribution in [3.8, 4) is 11.5 Å². The first-order valence-corrected chi connectivity index (χ1v) is 10.1. The lowest BCUT2D eigenvalue weighted by molar-refractivity contribution is 0.185. The second-order valence-corrected chi connectivity index (χ2v) is 7.10. The number of ether oxygens (including phenoxy) is 2. The fourth-order valence-electron chi connectivity index (χ4n) is 3.55. The second-order valence-electron chi connectivity index (χ2n) is 7.10. The monoisotopic (exact) mass is 504 g/mol. The number of rotatable bonds is 9. The Kier molecular flexibility index (Phi) is 12.3. The average Bonchev–Trinajstić information content (AvgIpc) is 2.71. The van der Waals surface area contributed by atoms with Crippen LogP contribution in [-0.2, 0) is 6.42 Å². The van der Waals surface area contributed by atoms with Crippen LogP contribution >= 0.6 is 24.0 Å². The summed E-state index contributed by atoms with van der Waals surface area (Å²) in [5, 5.41) is 6.90. The normalized spacial score (nSPS) is 15.6. The maximum Gasteiger partial charge on any atom is 0.190 e. The molecule has 0 aliphatic carbocycles. The second kappa shape index (κ2) is 13.9. The maximum absolute atomic E-state index is 5.37. The first-order chi connectivity index (χ1) is 13.2. The predicted molar refractivity (Wildman–Crippen MR) is 127 cm³/mol. The van der Waals surface area contributed by atoms with Crippen molar-refractivity contribution in [2.45, 2.75) is 32.6 Å². The van der Waals surface area contributed by atoms with Gasteiger partial charge in [0.05, 0.1) is 14.2 Å². The van der Waals surface area contributed by atoms with Gasteiger partial charge in [0, 0.05) is 20.1 Å². The van der Waals surface area contributed by atoms with E-state index in [2.05, 4.69) is 33.5 Å². The topological polar surface area (TPSA) is 58.1 Å². The van der Waals surface area contributed by atoms with Crippen molar-refractivity contribution < 1.29 is 9.47 Å². The number of methoxy groups -OCH3 is 2. The average molecular weight is 504 g/mol. The highest BCUT2D eigenvalue weighted by molar-refractivity contribution is 14.0. The minimum Gasteiger partial charge on any atom is -0.493 e. The number of benzene rings is 1. The zero-order valence-electron chi connectivity index (χ0n) is 17.8. The van der Waals surface area contributed by atoms with E-state index in [0.717, 1.165) is 42.9 Å². The van der Waals surface area contributed by atoms with Crippen LogP contribution in [0.15, 0.2) is 23.2 Å². The fourth-order valence-corrected chi connectivity index (χ4v) is 3.55. The molecule has 1 fully saturated rings. The third kappa shape index (κ3) is 8.03. The van der Waals surface area contributed by atoms with E-state index in [4.69, 9.17) is 9.47 Å². The van der Waals surface area contributed by atoms with Gasteiger partial charge in [-0.05, 0) is 68.9 Å². The largest absolute Gasteiger partial charge is 0.493 e. The summed E-state index contributed by atoms with van der Waals surface area (Å²) < 4.78 is 10.7. The van der Waals surface area contributed by atoms with Gasteiger partial charge in [-0.15, -0.1) is 24.0 Å². The van der Waals surface area contributed by atoms with Crippen molar-refractivity contribution in [3.05, 3.63) is 23.8 Å². The highest BCUT2D eigenvalue weighted by atomic mass is 127. The number of nitrogens with zero attached hydrogens (tertiary/aromatic N) is 2. The molecular formula is C21H37IN4O2. The molecule has 0 atom stereocenters. The Labute approximate surface area is 187 Å². The van der Waals surface area contributed by atoms with Gasteiger partial charge in [-0.1, -0.05) is 13.0 Å². The summed E-state index contributed by atoms with van der Waals surface area (Å²) in [6.45, 7) is 7.77. The van der Waals surface area contributed by atoms with E-state index in [-0.39, 0.29) is 24.0 Å². The molecule has 0 bridgehead atoms. The Balaban J connectivity index is 0.00000392. The molecule has 0 radical (unpaired) electrons. The molecule has 0 saturated carbocycles. The summed E-state index contributed by atoms with van der Waals surface area (Å²) in [5.74, 6) is 3.15. The predicted octanol–water partition coefficient (Wildman–Crippen LogP) is 3.15. The summed E-state index contributed by atoms with van der Waals surface area (Å²) >= 11 is 0. The highest BCUT2D eigenvalue weighted by Gasteiger charge is 2.18. The molecule has 1 aliphatic heterocycles. The lowest BCUT2D eigenvalue weighted by atomic mass is 9.97. The highest BCUT2D eigenvalue weighted by Crippen LogP contribution is 2.27. The Hall–Kier alpha value is -1.22. The molecule has 1 saturated heterocycles. The van der Waals surface area contributed by atoms with Gasteiger partial charge >= 0.3 is 0 Å². The zero-order valence-corrected chi connectivity index (χ0v) is 20.1. The molecule has 7 heteroatoms. The van der Waals surface area contributed by atoms with Crippen LogP contribution in [0.25, 0.3) is 0 Å². The molecule has 160 valence electrons. The van der Waals surface area contributed by atoms with Crippen molar-refractivity contribution in [2.75, 3.05) is 54.0 Å². The lowest BCUT2D eigenvalue weighted by Gasteiger charge is -2.32. The van der Waals surface area contributed by atoms with Crippen molar-refractivity contribution in [3.63, 3.8) is 0 Å². The van der Waals surface area contributed by atoms with Crippen LogP contribution in [0.1, 0.15) is 31.7 Å². The summed E-state index contributed by atoms with van der Waals surface area (Å²) in [7, 11) is 5.15. The van der Waals surface area contributed by atoms with Gasteiger partial charge in [-0.2, -0.15) is 0 Å². The third-order valence-corrected chi connectivity index (χ3v) is 5.18. The molecule has 1 aliphatic rings. The van der Waals surface area contributed by atoms with Crippen molar-refractivity contribution >= 4 is 29.9 Å². The number of likely N-dealkylation sites (tertiary alicyclic amines) is 1. The van der Waals surface area contributed by atoms with Crippen LogP contribution in [0, 0.1) is 5.92 Å². The van der Waals surface area contributed by atoms with Crippen molar-refractivity contribution in [1.82, 2.24) is 15.5 Å². The number of halogens is 1. The van der Waals surface area contributed by atoms with Gasteiger partial charge in [-0.25, -0.2) is 0 Å². The molecule has 0 spiro atoms. The number of nitrogens with one attached hydrogen (secondary N) is 2. The van der Waals surface area contributed by atoms with Gasteiger partial charge in [0.15, 0.2) is 17.5 Å². The summed E-state index contributed by atoms with van der Waals surface area (Å²) in [4.78, 5) is 6.92. The molecule has 0 unspecified atom stereocenters. The van der Waals surface area contributed by atoms with E-state index in [0.29, 0.717) is 0 Å². The standard InChI is InChI=1S/C21H36N4O2.HI/c1-5-12-25-13-9-18(10-14-25)16-24-21(22-2)23-11-8-17-6-7-19(26-3)20(15-17)27-4;/h6-7,15,18H,5,8-14,16H2,1-4H3,(H2,22,23,24);1H. The lowest BCUT2D eigenvalue weighted by Crippen LogP contribution is -2.43. The number of piperidine rings is 1. The van der Waals surface area contributed by atoms with E-state index < -0.39 is 0 Å². The first kappa shape index (κ1) is 24.8. The van der Waals surface area contributed by atoms with Crippen LogP contribution in [0.4, 0.5) is 0 Å². The molecule has 28 heavy (non-hydrogen) atoms. The van der Waals surface area contributed by atoms with Gasteiger partial charge in [0.1, 0.15) is 0 Å². The van der Waals surface area contributed by atoms with Gasteiger partial charge in [0.25, 0.3) is 0 Å². The fraction of sp³-hybridized carbons (Fsp3) is 0.667. The van der Waals surface area contributed by atoms with E-state index in [1.165, 1.54) is 44.5 Å². The molecule has 2 rings (SSSR count). The van der Waals surface area contributed by atoms with Crippen LogP contribution in [0.3, 0.4) is 0 Å². The van der Waals surface area contributed by atoms with Crippen LogP contribution in [0.2, 0.25) is 0 Å².